The summed E-state index contributed by atoms with van der Waals surface area (Å²) in [4.78, 5) is 32.7. The van der Waals surface area contributed by atoms with Gasteiger partial charge in [0.1, 0.15) is 0 Å². The standard InChI is InChI=1S/C25H31N3O2S/c1-18-23(16-27-24(29)10-9-21-8-5-13-31-21)22-11-12-28(17-20(22)15-26-18)25(30)14-19-6-3-2-4-7-19/h5,8-10,13,15,19H,2-4,6-7,11-12,14,16-17H2,1H3,(H,27,29). The Balaban J connectivity index is 1.37. The zero-order chi connectivity index (χ0) is 21.6. The third-order valence-corrected chi connectivity index (χ3v) is 7.36. The average molecular weight is 438 g/mol. The van der Waals surface area contributed by atoms with E-state index in [1.807, 2.05) is 41.6 Å². The highest BCUT2D eigenvalue weighted by Gasteiger charge is 2.26. The van der Waals surface area contributed by atoms with Crippen LogP contribution in [-0.2, 0) is 29.1 Å². The molecule has 164 valence electrons. The molecule has 2 aromatic rings. The minimum atomic E-state index is -0.106. The van der Waals surface area contributed by atoms with E-state index in [0.29, 0.717) is 25.4 Å². The molecule has 0 spiro atoms. The fourth-order valence-electron chi connectivity index (χ4n) is 4.72. The summed E-state index contributed by atoms with van der Waals surface area (Å²) in [7, 11) is 0. The number of amides is 2. The summed E-state index contributed by atoms with van der Waals surface area (Å²) in [5, 5.41) is 4.99. The fraction of sp³-hybridized carbons (Fsp3) is 0.480. The molecule has 2 aliphatic rings. The molecule has 5 nitrogen and oxygen atoms in total. The third kappa shape index (κ3) is 5.62. The fourth-order valence-corrected chi connectivity index (χ4v) is 5.33. The lowest BCUT2D eigenvalue weighted by Crippen LogP contribution is -2.38. The second-order valence-corrected chi connectivity index (χ2v) is 9.65. The molecule has 1 N–H and O–H groups in total. The molecule has 31 heavy (non-hydrogen) atoms. The van der Waals surface area contributed by atoms with Crippen molar-refractivity contribution in [3.63, 3.8) is 0 Å². The van der Waals surface area contributed by atoms with Gasteiger partial charge in [0, 0.05) is 48.9 Å². The first kappa shape index (κ1) is 21.8. The Morgan fingerprint density at radius 3 is 2.90 bits per heavy atom. The second-order valence-electron chi connectivity index (χ2n) is 8.67. The number of nitrogens with zero attached hydrogens (tertiary/aromatic N) is 2. The first-order valence-corrected chi connectivity index (χ1v) is 12.2. The molecule has 1 saturated carbocycles. The second kappa shape index (κ2) is 10.2. The highest BCUT2D eigenvalue weighted by molar-refractivity contribution is 7.10. The molecule has 1 aliphatic heterocycles. The predicted octanol–water partition coefficient (Wildman–Crippen LogP) is 4.64. The number of aromatic nitrogens is 1. The number of hydrogen-bond acceptors (Lipinski definition) is 4. The molecule has 4 rings (SSSR count). The topological polar surface area (TPSA) is 62.3 Å². The van der Waals surface area contributed by atoms with Crippen molar-refractivity contribution < 1.29 is 9.59 Å². The molecule has 1 aliphatic carbocycles. The number of carbonyl (C=O) groups is 2. The van der Waals surface area contributed by atoms with Gasteiger partial charge in [0.25, 0.3) is 0 Å². The molecule has 0 bridgehead atoms. The van der Waals surface area contributed by atoms with Crippen LogP contribution in [0.15, 0.2) is 29.8 Å². The van der Waals surface area contributed by atoms with Gasteiger partial charge in [0.05, 0.1) is 0 Å². The van der Waals surface area contributed by atoms with E-state index >= 15 is 0 Å². The normalized spacial score (nSPS) is 17.0. The maximum absolute atomic E-state index is 12.9. The molecule has 2 aromatic heterocycles. The Bertz CT molecular complexity index is 946. The van der Waals surface area contributed by atoms with Crippen LogP contribution in [0.4, 0.5) is 0 Å². The molecule has 0 saturated heterocycles. The van der Waals surface area contributed by atoms with Crippen LogP contribution in [0.5, 0.6) is 0 Å². The van der Waals surface area contributed by atoms with Gasteiger partial charge < -0.3 is 10.2 Å². The van der Waals surface area contributed by atoms with Crippen LogP contribution in [0, 0.1) is 12.8 Å². The minimum Gasteiger partial charge on any atom is -0.348 e. The summed E-state index contributed by atoms with van der Waals surface area (Å²) < 4.78 is 0. The maximum Gasteiger partial charge on any atom is 0.244 e. The van der Waals surface area contributed by atoms with Crippen LogP contribution in [0.25, 0.3) is 6.08 Å². The van der Waals surface area contributed by atoms with E-state index in [4.69, 9.17) is 0 Å². The number of carbonyl (C=O) groups excluding carboxylic acids is 2. The molecule has 0 atom stereocenters. The summed E-state index contributed by atoms with van der Waals surface area (Å²) in [6.45, 7) is 3.84. The molecule has 0 unspecified atom stereocenters. The monoisotopic (exact) mass is 437 g/mol. The SMILES string of the molecule is Cc1ncc2c(c1CNC(=O)C=Cc1cccs1)CCN(C(=O)CC1CCCCC1)C2. The highest BCUT2D eigenvalue weighted by Crippen LogP contribution is 2.29. The van der Waals surface area contributed by atoms with Gasteiger partial charge in [-0.3, -0.25) is 14.6 Å². The number of aryl methyl sites for hydroxylation is 1. The van der Waals surface area contributed by atoms with Crippen LogP contribution in [0.2, 0.25) is 0 Å². The van der Waals surface area contributed by atoms with Crippen molar-refractivity contribution in [1.82, 2.24) is 15.2 Å². The Morgan fingerprint density at radius 1 is 1.29 bits per heavy atom. The lowest BCUT2D eigenvalue weighted by Gasteiger charge is -2.32. The number of rotatable bonds is 6. The molecular weight excluding hydrogens is 406 g/mol. The van der Waals surface area contributed by atoms with E-state index in [1.165, 1.54) is 37.7 Å². The van der Waals surface area contributed by atoms with Gasteiger partial charge in [-0.1, -0.05) is 25.3 Å². The van der Waals surface area contributed by atoms with Gasteiger partial charge in [-0.15, -0.1) is 11.3 Å². The number of hydrogen-bond donors (Lipinski definition) is 1. The Kier molecular flexibility index (Phi) is 7.17. The molecule has 3 heterocycles. The predicted molar refractivity (Wildman–Crippen MR) is 124 cm³/mol. The zero-order valence-corrected chi connectivity index (χ0v) is 19.0. The van der Waals surface area contributed by atoms with Gasteiger partial charge >= 0.3 is 0 Å². The molecule has 2 amide bonds. The third-order valence-electron chi connectivity index (χ3n) is 6.52. The summed E-state index contributed by atoms with van der Waals surface area (Å²) in [6.07, 6.45) is 13.1. The van der Waals surface area contributed by atoms with Crippen LogP contribution in [-0.4, -0.2) is 28.2 Å². The highest BCUT2D eigenvalue weighted by atomic mass is 32.1. The smallest absolute Gasteiger partial charge is 0.244 e. The Morgan fingerprint density at radius 2 is 2.13 bits per heavy atom. The van der Waals surface area contributed by atoms with E-state index in [1.54, 1.807) is 17.4 Å². The van der Waals surface area contributed by atoms with Crippen LogP contribution in [0.1, 0.15) is 65.8 Å². The van der Waals surface area contributed by atoms with Crippen LogP contribution < -0.4 is 5.32 Å². The van der Waals surface area contributed by atoms with Crippen LogP contribution in [0.3, 0.4) is 0 Å². The quantitative estimate of drug-likeness (QED) is 0.670. The van der Waals surface area contributed by atoms with Gasteiger partial charge in [0.2, 0.25) is 11.8 Å². The number of thiophene rings is 1. The number of pyridine rings is 1. The van der Waals surface area contributed by atoms with Crippen molar-refractivity contribution in [2.24, 2.45) is 5.92 Å². The molecule has 0 aromatic carbocycles. The van der Waals surface area contributed by atoms with Crippen molar-refractivity contribution >= 4 is 29.2 Å². The van der Waals surface area contributed by atoms with Gasteiger partial charge in [-0.25, -0.2) is 0 Å². The lowest BCUT2D eigenvalue weighted by molar-refractivity contribution is -0.133. The van der Waals surface area contributed by atoms with Crippen LogP contribution >= 0.6 is 11.3 Å². The molecule has 0 radical (unpaired) electrons. The minimum absolute atomic E-state index is 0.106. The van der Waals surface area contributed by atoms with Gasteiger partial charge in [-0.2, -0.15) is 0 Å². The van der Waals surface area contributed by atoms with Crippen molar-refractivity contribution in [3.05, 3.63) is 57.0 Å². The lowest BCUT2D eigenvalue weighted by atomic mass is 9.86. The van der Waals surface area contributed by atoms with Gasteiger partial charge in [-0.05, 0) is 66.3 Å². The van der Waals surface area contributed by atoms with Crippen molar-refractivity contribution in [3.8, 4) is 0 Å². The zero-order valence-electron chi connectivity index (χ0n) is 18.2. The first-order valence-electron chi connectivity index (χ1n) is 11.3. The Labute approximate surface area is 188 Å². The first-order chi connectivity index (χ1) is 15.1. The van der Waals surface area contributed by atoms with E-state index in [9.17, 15) is 9.59 Å². The Hall–Kier alpha value is -2.47. The summed E-state index contributed by atoms with van der Waals surface area (Å²) in [6, 6.07) is 3.95. The van der Waals surface area contributed by atoms with E-state index in [0.717, 1.165) is 34.7 Å². The largest absolute Gasteiger partial charge is 0.348 e. The van der Waals surface area contributed by atoms with E-state index < -0.39 is 0 Å². The number of fused-ring (bicyclic) bond motifs is 1. The van der Waals surface area contributed by atoms with E-state index in [2.05, 4.69) is 10.3 Å². The summed E-state index contributed by atoms with van der Waals surface area (Å²) in [5.41, 5.74) is 4.40. The van der Waals surface area contributed by atoms with Crippen molar-refractivity contribution in [2.45, 2.75) is 65.0 Å². The molecule has 6 heteroatoms. The van der Waals surface area contributed by atoms with Crippen molar-refractivity contribution in [1.29, 1.82) is 0 Å². The summed E-state index contributed by atoms with van der Waals surface area (Å²) >= 11 is 1.60. The average Bonchev–Trinajstić information content (AvgIpc) is 3.31. The molecular formula is C25H31N3O2S. The van der Waals surface area contributed by atoms with E-state index in [-0.39, 0.29) is 11.8 Å². The molecule has 1 fully saturated rings. The maximum atomic E-state index is 12.9. The summed E-state index contributed by atoms with van der Waals surface area (Å²) in [5.74, 6) is 0.740. The van der Waals surface area contributed by atoms with Crippen molar-refractivity contribution in [2.75, 3.05) is 6.54 Å². The number of nitrogens with one attached hydrogen (secondary N) is 1. The van der Waals surface area contributed by atoms with Gasteiger partial charge in [0.15, 0.2) is 0 Å².